The highest BCUT2D eigenvalue weighted by atomic mass is 15.0. The largest absolute Gasteiger partial charge is 0.282 e. The summed E-state index contributed by atoms with van der Waals surface area (Å²) in [6, 6.07) is 1.16. The maximum Gasteiger partial charge on any atom is 0.0757 e. The van der Waals surface area contributed by atoms with E-state index >= 15 is 0 Å². The van der Waals surface area contributed by atoms with Crippen molar-refractivity contribution in [1.29, 1.82) is 0 Å². The van der Waals surface area contributed by atoms with Crippen LogP contribution in [0.3, 0.4) is 0 Å². The molecule has 2 nitrogen and oxygen atoms in total. The fourth-order valence-corrected chi connectivity index (χ4v) is 4.39. The Hall–Kier alpha value is -0.660. The monoisotopic (exact) mass is 216 g/mol. The summed E-state index contributed by atoms with van der Waals surface area (Å²) in [4.78, 5) is 10.1. The minimum Gasteiger partial charge on any atom is -0.282 e. The van der Waals surface area contributed by atoms with Crippen LogP contribution in [-0.2, 0) is 0 Å². The van der Waals surface area contributed by atoms with Crippen molar-refractivity contribution in [2.45, 2.75) is 63.5 Å². The molecule has 1 aliphatic heterocycles. The van der Waals surface area contributed by atoms with Gasteiger partial charge in [0.05, 0.1) is 23.5 Å². The molecule has 0 radical (unpaired) electrons. The van der Waals surface area contributed by atoms with Crippen LogP contribution in [0.4, 0.5) is 0 Å². The van der Waals surface area contributed by atoms with E-state index in [2.05, 4.69) is 0 Å². The predicted octanol–water partition coefficient (Wildman–Crippen LogP) is 3.01. The lowest BCUT2D eigenvalue weighted by Gasteiger charge is -2.28. The third-order valence-corrected chi connectivity index (χ3v) is 5.13. The van der Waals surface area contributed by atoms with Crippen LogP contribution in [-0.4, -0.2) is 23.5 Å². The van der Waals surface area contributed by atoms with Crippen LogP contribution in [0.15, 0.2) is 9.98 Å². The molecule has 1 heterocycles. The van der Waals surface area contributed by atoms with Gasteiger partial charge in [-0.25, -0.2) is 0 Å². The summed E-state index contributed by atoms with van der Waals surface area (Å²) < 4.78 is 0. The Morgan fingerprint density at radius 1 is 0.875 bits per heavy atom. The van der Waals surface area contributed by atoms with Crippen molar-refractivity contribution in [1.82, 2.24) is 0 Å². The normalized spacial score (nSPS) is 45.5. The smallest absolute Gasteiger partial charge is 0.0757 e. The molecule has 3 saturated carbocycles. The fourth-order valence-electron chi connectivity index (χ4n) is 4.39. The fraction of sp³-hybridized carbons (Fsp3) is 0.857. The van der Waals surface area contributed by atoms with E-state index in [9.17, 15) is 0 Å². The van der Waals surface area contributed by atoms with Crippen LogP contribution < -0.4 is 0 Å². The topological polar surface area (TPSA) is 24.7 Å². The van der Waals surface area contributed by atoms with E-state index < -0.39 is 0 Å². The van der Waals surface area contributed by atoms with Crippen molar-refractivity contribution in [3.63, 3.8) is 0 Å². The molecule has 3 fully saturated rings. The Kier molecular flexibility index (Phi) is 2.00. The zero-order valence-corrected chi connectivity index (χ0v) is 9.86. The number of rotatable bonds is 0. The second-order valence-electron chi connectivity index (χ2n) is 6.01. The Morgan fingerprint density at radius 3 is 2.62 bits per heavy atom. The molecule has 0 N–H and O–H groups in total. The zero-order chi connectivity index (χ0) is 10.5. The summed E-state index contributed by atoms with van der Waals surface area (Å²) in [6.45, 7) is 0. The van der Waals surface area contributed by atoms with E-state index in [0.29, 0.717) is 12.1 Å². The maximum atomic E-state index is 5.08. The van der Waals surface area contributed by atoms with E-state index in [0.717, 1.165) is 11.8 Å². The summed E-state index contributed by atoms with van der Waals surface area (Å²) in [5.74, 6) is 1.84. The summed E-state index contributed by atoms with van der Waals surface area (Å²) in [6.07, 6.45) is 10.8. The average Bonchev–Trinajstić information content (AvgIpc) is 2.88. The number of fused-ring (bicyclic) bond motifs is 4. The standard InChI is InChI=1S/C14H20N2/c1-2-5-10-9(4-1)8-13-14(10)16-12-7-3-6-11(12)15-13/h9-10,13-14H,1-8H2. The van der Waals surface area contributed by atoms with Gasteiger partial charge < -0.3 is 0 Å². The molecule has 16 heavy (non-hydrogen) atoms. The van der Waals surface area contributed by atoms with Gasteiger partial charge in [-0.2, -0.15) is 0 Å². The van der Waals surface area contributed by atoms with E-state index in [-0.39, 0.29) is 0 Å². The molecule has 0 bridgehead atoms. The highest BCUT2D eigenvalue weighted by molar-refractivity contribution is 6.44. The van der Waals surface area contributed by atoms with Gasteiger partial charge in [0.25, 0.3) is 0 Å². The molecule has 0 aromatic heterocycles. The van der Waals surface area contributed by atoms with Gasteiger partial charge in [-0.3, -0.25) is 9.98 Å². The number of hydrogen-bond acceptors (Lipinski definition) is 2. The van der Waals surface area contributed by atoms with Crippen molar-refractivity contribution < 1.29 is 0 Å². The van der Waals surface area contributed by atoms with Crippen LogP contribution in [0.25, 0.3) is 0 Å². The molecule has 4 aliphatic rings. The van der Waals surface area contributed by atoms with Gasteiger partial charge in [-0.15, -0.1) is 0 Å². The van der Waals surface area contributed by atoms with Crippen LogP contribution >= 0.6 is 0 Å². The van der Waals surface area contributed by atoms with Gasteiger partial charge in [-0.05, 0) is 43.9 Å². The van der Waals surface area contributed by atoms with E-state index in [1.165, 1.54) is 62.8 Å². The molecule has 0 amide bonds. The third kappa shape index (κ3) is 1.25. The Balaban J connectivity index is 1.67. The second kappa shape index (κ2) is 3.41. The molecular weight excluding hydrogens is 196 g/mol. The molecule has 3 aliphatic carbocycles. The molecule has 0 aromatic rings. The Labute approximate surface area is 97.3 Å². The lowest BCUT2D eigenvalue weighted by molar-refractivity contribution is 0.261. The van der Waals surface area contributed by atoms with Crippen LogP contribution in [0.2, 0.25) is 0 Å². The number of nitrogens with zero attached hydrogens (tertiary/aromatic N) is 2. The van der Waals surface area contributed by atoms with E-state index in [4.69, 9.17) is 9.98 Å². The molecule has 2 heteroatoms. The van der Waals surface area contributed by atoms with Crippen molar-refractivity contribution in [2.75, 3.05) is 0 Å². The van der Waals surface area contributed by atoms with E-state index in [1.807, 2.05) is 0 Å². The first-order chi connectivity index (χ1) is 7.92. The third-order valence-electron chi connectivity index (χ3n) is 5.13. The SMILES string of the molecule is C1CC2=NC3CC4CCCCC4C3N=C2C1. The van der Waals surface area contributed by atoms with Crippen LogP contribution in [0.1, 0.15) is 51.4 Å². The predicted molar refractivity (Wildman–Crippen MR) is 66.4 cm³/mol. The van der Waals surface area contributed by atoms with Crippen LogP contribution in [0.5, 0.6) is 0 Å². The van der Waals surface area contributed by atoms with Crippen molar-refractivity contribution in [3.05, 3.63) is 0 Å². The first kappa shape index (κ1) is 9.38. The van der Waals surface area contributed by atoms with Crippen molar-refractivity contribution in [2.24, 2.45) is 21.8 Å². The lowest BCUT2D eigenvalue weighted by atomic mass is 9.80. The van der Waals surface area contributed by atoms with Gasteiger partial charge in [0.1, 0.15) is 0 Å². The molecule has 0 saturated heterocycles. The van der Waals surface area contributed by atoms with Gasteiger partial charge in [0.2, 0.25) is 0 Å². The first-order valence-electron chi connectivity index (χ1n) is 7.05. The summed E-state index contributed by atoms with van der Waals surface area (Å²) in [7, 11) is 0. The zero-order valence-electron chi connectivity index (χ0n) is 9.86. The van der Waals surface area contributed by atoms with E-state index in [1.54, 1.807) is 0 Å². The molecular formula is C14H20N2. The highest BCUT2D eigenvalue weighted by Crippen LogP contribution is 2.46. The lowest BCUT2D eigenvalue weighted by Crippen LogP contribution is -2.31. The van der Waals surface area contributed by atoms with Crippen molar-refractivity contribution in [3.8, 4) is 0 Å². The molecule has 86 valence electrons. The van der Waals surface area contributed by atoms with Gasteiger partial charge in [0, 0.05) is 0 Å². The summed E-state index contributed by atoms with van der Waals surface area (Å²) in [5.41, 5.74) is 2.76. The molecule has 4 unspecified atom stereocenters. The average molecular weight is 216 g/mol. The highest BCUT2D eigenvalue weighted by Gasteiger charge is 2.46. The van der Waals surface area contributed by atoms with Gasteiger partial charge >= 0.3 is 0 Å². The molecule has 0 aromatic carbocycles. The minimum atomic E-state index is 0.574. The van der Waals surface area contributed by atoms with Gasteiger partial charge in [-0.1, -0.05) is 19.3 Å². The first-order valence-corrected chi connectivity index (χ1v) is 7.05. The van der Waals surface area contributed by atoms with Crippen molar-refractivity contribution >= 4 is 11.4 Å². The second-order valence-corrected chi connectivity index (χ2v) is 6.01. The Bertz CT molecular complexity index is 369. The molecule has 0 spiro atoms. The summed E-state index contributed by atoms with van der Waals surface area (Å²) >= 11 is 0. The molecule has 4 rings (SSSR count). The molecule has 4 atom stereocenters. The number of aliphatic imine (C=N–C) groups is 2. The quantitative estimate of drug-likeness (QED) is 0.594. The van der Waals surface area contributed by atoms with Gasteiger partial charge in [0.15, 0.2) is 0 Å². The summed E-state index contributed by atoms with van der Waals surface area (Å²) in [5, 5.41) is 0. The number of hydrogen-bond donors (Lipinski definition) is 0. The Morgan fingerprint density at radius 2 is 1.69 bits per heavy atom. The maximum absolute atomic E-state index is 5.08. The minimum absolute atomic E-state index is 0.574. The van der Waals surface area contributed by atoms with Crippen LogP contribution in [0, 0.1) is 11.8 Å².